The van der Waals surface area contributed by atoms with Crippen molar-refractivity contribution < 1.29 is 4.74 Å². The zero-order chi connectivity index (χ0) is 17.1. The summed E-state index contributed by atoms with van der Waals surface area (Å²) >= 11 is 0. The number of hydrogen-bond donors (Lipinski definition) is 1. The highest BCUT2D eigenvalue weighted by molar-refractivity contribution is 5.37. The van der Waals surface area contributed by atoms with Gasteiger partial charge in [0.1, 0.15) is 11.6 Å². The van der Waals surface area contributed by atoms with E-state index >= 15 is 0 Å². The van der Waals surface area contributed by atoms with Gasteiger partial charge in [-0.25, -0.2) is 14.8 Å². The van der Waals surface area contributed by atoms with Crippen molar-refractivity contribution in [2.24, 2.45) is 0 Å². The molecule has 0 saturated carbocycles. The molecule has 0 bridgehead atoms. The topological polar surface area (TPSA) is 81.9 Å². The van der Waals surface area contributed by atoms with E-state index in [1.54, 1.807) is 4.57 Å². The molecule has 2 aromatic rings. The predicted molar refractivity (Wildman–Crippen MR) is 91.4 cm³/mol. The zero-order valence-corrected chi connectivity index (χ0v) is 14.4. The molecule has 24 heavy (non-hydrogen) atoms. The third kappa shape index (κ3) is 3.79. The Labute approximate surface area is 141 Å². The van der Waals surface area contributed by atoms with E-state index in [0.29, 0.717) is 19.0 Å². The van der Waals surface area contributed by atoms with E-state index in [4.69, 9.17) is 4.74 Å². The normalized spacial score (nSPS) is 17.2. The summed E-state index contributed by atoms with van der Waals surface area (Å²) in [5.41, 5.74) is 2.47. The van der Waals surface area contributed by atoms with E-state index in [1.165, 1.54) is 0 Å². The minimum absolute atomic E-state index is 0.211. The van der Waals surface area contributed by atoms with Crippen molar-refractivity contribution in [3.63, 3.8) is 0 Å². The average molecular weight is 329 g/mol. The SMILES string of the molecule is Cc1cc(C)n(CCNc2cc(C3CCOC3)nc(C)n2)c(=O)n1. The Balaban J connectivity index is 1.68. The van der Waals surface area contributed by atoms with E-state index in [-0.39, 0.29) is 5.69 Å². The van der Waals surface area contributed by atoms with Gasteiger partial charge in [-0.3, -0.25) is 4.57 Å². The molecular formula is C17H23N5O2. The molecule has 0 spiro atoms. The first-order chi connectivity index (χ1) is 11.5. The Hall–Kier alpha value is -2.28. The van der Waals surface area contributed by atoms with Crippen molar-refractivity contribution in [2.75, 3.05) is 25.1 Å². The second kappa shape index (κ2) is 7.09. The smallest absolute Gasteiger partial charge is 0.348 e. The van der Waals surface area contributed by atoms with Crippen LogP contribution in [0.3, 0.4) is 0 Å². The number of hydrogen-bond acceptors (Lipinski definition) is 6. The van der Waals surface area contributed by atoms with Crippen LogP contribution >= 0.6 is 0 Å². The van der Waals surface area contributed by atoms with E-state index < -0.39 is 0 Å². The Morgan fingerprint density at radius 2 is 2.08 bits per heavy atom. The second-order valence-corrected chi connectivity index (χ2v) is 6.19. The van der Waals surface area contributed by atoms with Crippen molar-refractivity contribution >= 4 is 5.82 Å². The first kappa shape index (κ1) is 16.6. The lowest BCUT2D eigenvalue weighted by Crippen LogP contribution is -2.28. The Morgan fingerprint density at radius 1 is 1.25 bits per heavy atom. The Bertz CT molecular complexity index is 781. The summed E-state index contributed by atoms with van der Waals surface area (Å²) in [5, 5.41) is 3.29. The molecule has 1 atom stereocenters. The fourth-order valence-corrected chi connectivity index (χ4v) is 3.00. The van der Waals surface area contributed by atoms with Gasteiger partial charge in [-0.2, -0.15) is 4.98 Å². The largest absolute Gasteiger partial charge is 0.381 e. The maximum Gasteiger partial charge on any atom is 0.348 e. The van der Waals surface area contributed by atoms with Crippen LogP contribution in [-0.2, 0) is 11.3 Å². The number of aromatic nitrogens is 4. The van der Waals surface area contributed by atoms with Crippen molar-refractivity contribution in [3.05, 3.63) is 45.5 Å². The molecule has 7 heteroatoms. The van der Waals surface area contributed by atoms with E-state index in [1.807, 2.05) is 32.9 Å². The van der Waals surface area contributed by atoms with Crippen LogP contribution in [0.15, 0.2) is 16.9 Å². The Kier molecular flexibility index (Phi) is 4.89. The summed E-state index contributed by atoms with van der Waals surface area (Å²) in [5.74, 6) is 1.88. The standard InChI is InChI=1S/C17H23N5O2/c1-11-8-12(2)22(17(23)19-11)6-5-18-16-9-15(20-13(3)21-16)14-4-7-24-10-14/h8-9,14H,4-7,10H2,1-3H3,(H,18,20,21). The van der Waals surface area contributed by atoms with Gasteiger partial charge in [0.05, 0.1) is 12.3 Å². The zero-order valence-electron chi connectivity index (χ0n) is 14.4. The number of anilines is 1. The summed E-state index contributed by atoms with van der Waals surface area (Å²) in [6.45, 7) is 8.30. The van der Waals surface area contributed by atoms with Crippen LogP contribution in [0.2, 0.25) is 0 Å². The number of rotatable bonds is 5. The molecule has 0 amide bonds. The van der Waals surface area contributed by atoms with E-state index in [9.17, 15) is 4.79 Å². The lowest BCUT2D eigenvalue weighted by atomic mass is 10.0. The molecule has 1 aliphatic rings. The van der Waals surface area contributed by atoms with Crippen molar-refractivity contribution in [1.29, 1.82) is 0 Å². The molecule has 3 rings (SSSR count). The fourth-order valence-electron chi connectivity index (χ4n) is 3.00. The summed E-state index contributed by atoms with van der Waals surface area (Å²) < 4.78 is 7.11. The lowest BCUT2D eigenvalue weighted by Gasteiger charge is -2.13. The second-order valence-electron chi connectivity index (χ2n) is 6.19. The van der Waals surface area contributed by atoms with Gasteiger partial charge < -0.3 is 10.1 Å². The van der Waals surface area contributed by atoms with Crippen LogP contribution in [0.25, 0.3) is 0 Å². The van der Waals surface area contributed by atoms with Crippen molar-refractivity contribution in [3.8, 4) is 0 Å². The summed E-state index contributed by atoms with van der Waals surface area (Å²) in [6, 6.07) is 3.89. The van der Waals surface area contributed by atoms with Crippen molar-refractivity contribution in [2.45, 2.75) is 39.7 Å². The molecule has 1 unspecified atom stereocenters. The van der Waals surface area contributed by atoms with Crippen LogP contribution < -0.4 is 11.0 Å². The fraction of sp³-hybridized carbons (Fsp3) is 0.529. The molecule has 7 nitrogen and oxygen atoms in total. The third-order valence-electron chi connectivity index (χ3n) is 4.19. The summed E-state index contributed by atoms with van der Waals surface area (Å²) in [6.07, 6.45) is 1.000. The predicted octanol–water partition coefficient (Wildman–Crippen LogP) is 1.57. The molecule has 1 fully saturated rings. The van der Waals surface area contributed by atoms with E-state index in [2.05, 4.69) is 20.3 Å². The van der Waals surface area contributed by atoms with E-state index in [0.717, 1.165) is 48.4 Å². The first-order valence-electron chi connectivity index (χ1n) is 8.25. The number of ether oxygens (including phenoxy) is 1. The Morgan fingerprint density at radius 3 is 2.79 bits per heavy atom. The highest BCUT2D eigenvalue weighted by Gasteiger charge is 2.20. The minimum Gasteiger partial charge on any atom is -0.381 e. The number of nitrogens with one attached hydrogen (secondary N) is 1. The van der Waals surface area contributed by atoms with Gasteiger partial charge in [-0.15, -0.1) is 0 Å². The van der Waals surface area contributed by atoms with Gasteiger partial charge in [-0.05, 0) is 33.3 Å². The highest BCUT2D eigenvalue weighted by atomic mass is 16.5. The maximum absolute atomic E-state index is 12.0. The van der Waals surface area contributed by atoms with Crippen LogP contribution in [0.4, 0.5) is 5.82 Å². The molecule has 1 N–H and O–H groups in total. The van der Waals surface area contributed by atoms with Gasteiger partial charge >= 0.3 is 5.69 Å². The van der Waals surface area contributed by atoms with Gasteiger partial charge in [0.2, 0.25) is 0 Å². The molecule has 0 aliphatic carbocycles. The van der Waals surface area contributed by atoms with Gasteiger partial charge in [0.15, 0.2) is 0 Å². The quantitative estimate of drug-likeness (QED) is 0.897. The van der Waals surface area contributed by atoms with Crippen LogP contribution in [0.5, 0.6) is 0 Å². The maximum atomic E-state index is 12.0. The molecule has 0 aromatic carbocycles. The molecule has 0 radical (unpaired) electrons. The van der Waals surface area contributed by atoms with Crippen LogP contribution in [0, 0.1) is 20.8 Å². The van der Waals surface area contributed by atoms with Crippen molar-refractivity contribution in [1.82, 2.24) is 19.5 Å². The van der Waals surface area contributed by atoms with Crippen LogP contribution in [-0.4, -0.2) is 39.3 Å². The lowest BCUT2D eigenvalue weighted by molar-refractivity contribution is 0.193. The monoisotopic (exact) mass is 329 g/mol. The van der Waals surface area contributed by atoms with Gasteiger partial charge in [0.25, 0.3) is 0 Å². The number of nitrogens with zero attached hydrogens (tertiary/aromatic N) is 4. The molecule has 1 aliphatic heterocycles. The molecule has 1 saturated heterocycles. The van der Waals surface area contributed by atoms with Gasteiger partial charge in [-0.1, -0.05) is 0 Å². The van der Waals surface area contributed by atoms with Gasteiger partial charge in [0, 0.05) is 43.1 Å². The third-order valence-corrected chi connectivity index (χ3v) is 4.19. The molecular weight excluding hydrogens is 306 g/mol. The summed E-state index contributed by atoms with van der Waals surface area (Å²) in [7, 11) is 0. The minimum atomic E-state index is -0.211. The molecule has 2 aromatic heterocycles. The summed E-state index contributed by atoms with van der Waals surface area (Å²) in [4.78, 5) is 24.9. The number of aryl methyl sites for hydroxylation is 3. The van der Waals surface area contributed by atoms with Crippen LogP contribution in [0.1, 0.15) is 35.2 Å². The first-order valence-corrected chi connectivity index (χ1v) is 8.25. The highest BCUT2D eigenvalue weighted by Crippen LogP contribution is 2.24. The average Bonchev–Trinajstić information content (AvgIpc) is 3.03. The molecule has 3 heterocycles. The molecule has 128 valence electrons.